The minimum absolute atomic E-state index is 0.244. The smallest absolute Gasteiger partial charge is 0.410 e. The molecule has 1 aliphatic rings. The zero-order chi connectivity index (χ0) is 28.6. The first-order chi connectivity index (χ1) is 18.5. The number of hydrogen-bond acceptors (Lipinski definition) is 7. The van der Waals surface area contributed by atoms with E-state index in [4.69, 9.17) is 15.2 Å². The van der Waals surface area contributed by atoms with E-state index in [1.54, 1.807) is 11.0 Å². The van der Waals surface area contributed by atoms with Crippen LogP contribution in [0.1, 0.15) is 57.8 Å². The van der Waals surface area contributed by atoms with E-state index in [2.05, 4.69) is 29.4 Å². The van der Waals surface area contributed by atoms with Gasteiger partial charge >= 0.3 is 12.1 Å². The first kappa shape index (κ1) is 30.2. The molecule has 4 amide bonds. The Bertz CT molecular complexity index is 1140. The van der Waals surface area contributed by atoms with E-state index in [1.165, 1.54) is 11.3 Å². The molecule has 1 fully saturated rings. The molecule has 0 radical (unpaired) electrons. The lowest BCUT2D eigenvalue weighted by molar-refractivity contribution is 0.0185. The van der Waals surface area contributed by atoms with Crippen molar-refractivity contribution in [3.05, 3.63) is 35.9 Å². The van der Waals surface area contributed by atoms with E-state index in [0.717, 1.165) is 48.7 Å². The van der Waals surface area contributed by atoms with Gasteiger partial charge in [0.2, 0.25) is 0 Å². The molecule has 2 aromatic rings. The number of urea groups is 1. The lowest BCUT2D eigenvalue weighted by Gasteiger charge is -2.34. The van der Waals surface area contributed by atoms with Crippen molar-refractivity contribution >= 4 is 34.4 Å². The number of piperidine rings is 1. The molecule has 0 bridgehead atoms. The van der Waals surface area contributed by atoms with Crippen LogP contribution in [0.2, 0.25) is 0 Å². The van der Waals surface area contributed by atoms with Gasteiger partial charge in [-0.15, -0.1) is 11.3 Å². The number of carbonyl (C=O) groups is 3. The van der Waals surface area contributed by atoms with Gasteiger partial charge in [0.1, 0.15) is 23.0 Å². The average molecular weight is 560 g/mol. The Labute approximate surface area is 234 Å². The predicted octanol–water partition coefficient (Wildman–Crippen LogP) is 4.76. The molecular formula is C28H41N5O5S. The number of thiophene rings is 1. The number of nitrogens with zero attached hydrogens (tertiary/aromatic N) is 2. The van der Waals surface area contributed by atoms with Gasteiger partial charge in [0, 0.05) is 30.6 Å². The summed E-state index contributed by atoms with van der Waals surface area (Å²) in [5.74, 6) is 0.386. The van der Waals surface area contributed by atoms with Crippen LogP contribution in [-0.4, -0.2) is 78.8 Å². The Morgan fingerprint density at radius 1 is 1.18 bits per heavy atom. The molecule has 0 spiro atoms. The quantitative estimate of drug-likeness (QED) is 0.386. The van der Waals surface area contributed by atoms with Crippen molar-refractivity contribution in [2.75, 3.05) is 44.6 Å². The summed E-state index contributed by atoms with van der Waals surface area (Å²) in [6.07, 6.45) is 1.08. The summed E-state index contributed by atoms with van der Waals surface area (Å²) in [5.41, 5.74) is 5.98. The maximum Gasteiger partial charge on any atom is 0.410 e. The molecular weight excluding hydrogens is 518 g/mol. The summed E-state index contributed by atoms with van der Waals surface area (Å²) in [5, 5.41) is 5.97. The maximum absolute atomic E-state index is 13.3. The monoisotopic (exact) mass is 559 g/mol. The SMILES string of the molecule is CCN(CC)CCOc1cccc(-c2cc(C(=O)NC3CCCN(C(=O)OC(C)(C)C)C3)c(NC(N)=O)s2)c1. The third-order valence-corrected chi connectivity index (χ3v) is 7.41. The third kappa shape index (κ3) is 9.14. The molecule has 0 aliphatic carbocycles. The van der Waals surface area contributed by atoms with Gasteiger partial charge in [0.15, 0.2) is 0 Å². The molecule has 1 aliphatic heterocycles. The number of ether oxygens (including phenoxy) is 2. The highest BCUT2D eigenvalue weighted by Gasteiger charge is 2.29. The van der Waals surface area contributed by atoms with Gasteiger partial charge in [-0.3, -0.25) is 10.1 Å². The second-order valence-corrected chi connectivity index (χ2v) is 11.5. The molecule has 11 heteroatoms. The highest BCUT2D eigenvalue weighted by molar-refractivity contribution is 7.20. The lowest BCUT2D eigenvalue weighted by atomic mass is 10.1. The largest absolute Gasteiger partial charge is 0.492 e. The second-order valence-electron chi connectivity index (χ2n) is 10.5. The van der Waals surface area contributed by atoms with Crippen molar-refractivity contribution in [2.24, 2.45) is 5.73 Å². The van der Waals surface area contributed by atoms with E-state index in [0.29, 0.717) is 30.3 Å². The topological polar surface area (TPSA) is 126 Å². The number of nitrogens with two attached hydrogens (primary N) is 1. The molecule has 10 nitrogen and oxygen atoms in total. The van der Waals surface area contributed by atoms with Gasteiger partial charge in [-0.25, -0.2) is 9.59 Å². The fourth-order valence-electron chi connectivity index (χ4n) is 4.33. The minimum Gasteiger partial charge on any atom is -0.492 e. The highest BCUT2D eigenvalue weighted by atomic mass is 32.1. The highest BCUT2D eigenvalue weighted by Crippen LogP contribution is 2.37. The number of primary amides is 1. The summed E-state index contributed by atoms with van der Waals surface area (Å²) >= 11 is 1.27. The van der Waals surface area contributed by atoms with Crippen LogP contribution in [0.4, 0.5) is 14.6 Å². The van der Waals surface area contributed by atoms with E-state index in [9.17, 15) is 14.4 Å². The van der Waals surface area contributed by atoms with Crippen LogP contribution in [0.25, 0.3) is 10.4 Å². The third-order valence-electron chi connectivity index (χ3n) is 6.31. The molecule has 1 unspecified atom stereocenters. The molecule has 1 saturated heterocycles. The van der Waals surface area contributed by atoms with Crippen molar-refractivity contribution in [3.8, 4) is 16.2 Å². The Balaban J connectivity index is 1.73. The van der Waals surface area contributed by atoms with Crippen LogP contribution in [0.3, 0.4) is 0 Å². The molecule has 1 aromatic carbocycles. The minimum atomic E-state index is -0.750. The number of likely N-dealkylation sites (tertiary alicyclic amines) is 1. The molecule has 39 heavy (non-hydrogen) atoms. The Hall–Kier alpha value is -3.31. The second kappa shape index (κ2) is 13.7. The Morgan fingerprint density at radius 3 is 2.59 bits per heavy atom. The average Bonchev–Trinajstić information content (AvgIpc) is 3.29. The van der Waals surface area contributed by atoms with Crippen LogP contribution in [0.15, 0.2) is 30.3 Å². The van der Waals surface area contributed by atoms with Crippen LogP contribution in [0, 0.1) is 0 Å². The summed E-state index contributed by atoms with van der Waals surface area (Å²) in [6.45, 7) is 14.0. The van der Waals surface area contributed by atoms with Crippen LogP contribution >= 0.6 is 11.3 Å². The van der Waals surface area contributed by atoms with Crippen molar-refractivity contribution in [1.82, 2.24) is 15.1 Å². The molecule has 3 rings (SSSR count). The van der Waals surface area contributed by atoms with Gasteiger partial charge in [0.05, 0.1) is 5.56 Å². The van der Waals surface area contributed by atoms with Gasteiger partial charge < -0.3 is 30.3 Å². The number of likely N-dealkylation sites (N-methyl/N-ethyl adjacent to an activating group) is 1. The first-order valence-electron chi connectivity index (χ1n) is 13.4. The first-order valence-corrected chi connectivity index (χ1v) is 14.2. The molecule has 214 valence electrons. The van der Waals surface area contributed by atoms with Crippen molar-refractivity contribution in [2.45, 2.75) is 59.1 Å². The summed E-state index contributed by atoms with van der Waals surface area (Å²) < 4.78 is 11.5. The fraction of sp³-hybridized carbons (Fsp3) is 0.536. The van der Waals surface area contributed by atoms with Gasteiger partial charge in [-0.05, 0) is 70.5 Å². The molecule has 2 heterocycles. The number of hydrogen-bond donors (Lipinski definition) is 3. The predicted molar refractivity (Wildman–Crippen MR) is 155 cm³/mol. The van der Waals surface area contributed by atoms with Crippen molar-refractivity contribution in [3.63, 3.8) is 0 Å². The van der Waals surface area contributed by atoms with Crippen molar-refractivity contribution in [1.29, 1.82) is 0 Å². The Morgan fingerprint density at radius 2 is 1.92 bits per heavy atom. The summed E-state index contributed by atoms with van der Waals surface area (Å²) in [7, 11) is 0. The standard InChI is InChI=1S/C28H41N5O5S/c1-6-32(7-2)14-15-37-21-12-8-10-19(16-21)23-17-22(25(39-23)31-26(29)35)24(34)30-20-11-9-13-33(18-20)27(36)38-28(3,4)5/h8,10,12,16-17,20H,6-7,9,11,13-15,18H2,1-5H3,(H,30,34)(H3,29,31,35). The van der Waals surface area contributed by atoms with Crippen LogP contribution in [-0.2, 0) is 4.74 Å². The van der Waals surface area contributed by atoms with E-state index >= 15 is 0 Å². The lowest BCUT2D eigenvalue weighted by Crippen LogP contribution is -2.50. The Kier molecular flexibility index (Phi) is 10.6. The van der Waals surface area contributed by atoms with E-state index in [1.807, 2.05) is 45.0 Å². The zero-order valence-electron chi connectivity index (χ0n) is 23.5. The zero-order valence-corrected chi connectivity index (χ0v) is 24.4. The molecule has 1 aromatic heterocycles. The van der Waals surface area contributed by atoms with Crippen LogP contribution in [0.5, 0.6) is 5.75 Å². The fourth-order valence-corrected chi connectivity index (χ4v) is 5.38. The summed E-state index contributed by atoms with van der Waals surface area (Å²) in [4.78, 5) is 42.2. The number of benzene rings is 1. The van der Waals surface area contributed by atoms with E-state index < -0.39 is 17.7 Å². The van der Waals surface area contributed by atoms with E-state index in [-0.39, 0.29) is 11.9 Å². The number of amides is 4. The number of anilines is 1. The normalized spacial score (nSPS) is 15.6. The number of nitrogens with one attached hydrogen (secondary N) is 2. The molecule has 4 N–H and O–H groups in total. The molecule has 1 atom stereocenters. The van der Waals surface area contributed by atoms with Gasteiger partial charge in [0.25, 0.3) is 5.91 Å². The number of rotatable bonds is 10. The number of carbonyl (C=O) groups excluding carboxylic acids is 3. The van der Waals surface area contributed by atoms with Crippen molar-refractivity contribution < 1.29 is 23.9 Å². The summed E-state index contributed by atoms with van der Waals surface area (Å²) in [6, 6.07) is 8.40. The maximum atomic E-state index is 13.3. The van der Waals surface area contributed by atoms with Gasteiger partial charge in [-0.1, -0.05) is 26.0 Å². The molecule has 0 saturated carbocycles. The van der Waals surface area contributed by atoms with Gasteiger partial charge in [-0.2, -0.15) is 0 Å². The van der Waals surface area contributed by atoms with Crippen LogP contribution < -0.4 is 21.1 Å².